The molecule has 1 aromatic heterocycles. The van der Waals surface area contributed by atoms with E-state index in [2.05, 4.69) is 39.2 Å². The largest absolute Gasteiger partial charge is 0.468 e. The Bertz CT molecular complexity index is 605. The topological polar surface area (TPSA) is 78.8 Å². The van der Waals surface area contributed by atoms with Gasteiger partial charge in [-0.15, -0.1) is 0 Å². The fourth-order valence-corrected chi connectivity index (χ4v) is 2.75. The van der Waals surface area contributed by atoms with Gasteiger partial charge in [-0.05, 0) is 43.2 Å². The number of hydrogen-bond donors (Lipinski definition) is 3. The number of aliphatic hydroxyl groups excluding tert-OH is 1. The van der Waals surface area contributed by atoms with Crippen molar-refractivity contribution in [2.24, 2.45) is 10.4 Å². The maximum atomic E-state index is 12.3. The molecule has 160 valence electrons. The summed E-state index contributed by atoms with van der Waals surface area (Å²) in [6.07, 6.45) is -0.437. The van der Waals surface area contributed by atoms with Crippen LogP contribution in [-0.2, 0) is 6.54 Å². The van der Waals surface area contributed by atoms with Crippen molar-refractivity contribution in [1.29, 1.82) is 0 Å². The third-order valence-electron chi connectivity index (χ3n) is 4.72. The van der Waals surface area contributed by atoms with Crippen molar-refractivity contribution in [2.75, 3.05) is 26.3 Å². The van der Waals surface area contributed by atoms with E-state index in [0.717, 1.165) is 12.8 Å². The molecule has 9 heteroatoms. The van der Waals surface area contributed by atoms with Gasteiger partial charge in [0, 0.05) is 32.0 Å². The molecule has 0 atom stereocenters. The van der Waals surface area contributed by atoms with Crippen LogP contribution < -0.4 is 15.4 Å². The van der Waals surface area contributed by atoms with Crippen LogP contribution in [0.3, 0.4) is 0 Å². The van der Waals surface area contributed by atoms with E-state index in [1.165, 1.54) is 12.3 Å². The minimum absolute atomic E-state index is 0.0137. The van der Waals surface area contributed by atoms with E-state index in [4.69, 9.17) is 0 Å². The van der Waals surface area contributed by atoms with E-state index in [-0.39, 0.29) is 24.4 Å². The van der Waals surface area contributed by atoms with Crippen molar-refractivity contribution in [1.82, 2.24) is 15.6 Å². The van der Waals surface area contributed by atoms with Gasteiger partial charge in [0.05, 0.1) is 6.54 Å². The summed E-state index contributed by atoms with van der Waals surface area (Å²) in [5, 5.41) is 15.8. The lowest BCUT2D eigenvalue weighted by molar-refractivity contribution is -0.154. The Morgan fingerprint density at radius 3 is 2.50 bits per heavy atom. The van der Waals surface area contributed by atoms with E-state index in [1.54, 1.807) is 6.07 Å². The van der Waals surface area contributed by atoms with Crippen LogP contribution in [0, 0.1) is 5.41 Å². The molecule has 0 unspecified atom stereocenters. The number of hydrogen-bond acceptors (Lipinski definition) is 4. The molecule has 0 saturated carbocycles. The lowest BCUT2D eigenvalue weighted by Crippen LogP contribution is -2.43. The first-order valence-corrected chi connectivity index (χ1v) is 9.55. The van der Waals surface area contributed by atoms with Gasteiger partial charge in [0.15, 0.2) is 12.6 Å². The van der Waals surface area contributed by atoms with Crippen LogP contribution in [0.4, 0.5) is 13.2 Å². The van der Waals surface area contributed by atoms with E-state index >= 15 is 0 Å². The molecule has 0 aromatic carbocycles. The number of nitrogens with one attached hydrogen (secondary N) is 2. The van der Waals surface area contributed by atoms with E-state index in [0.29, 0.717) is 31.0 Å². The Balaban J connectivity index is 2.76. The molecule has 0 bridgehead atoms. The molecule has 28 heavy (non-hydrogen) atoms. The zero-order chi connectivity index (χ0) is 21.0. The zero-order valence-corrected chi connectivity index (χ0v) is 16.8. The van der Waals surface area contributed by atoms with Gasteiger partial charge in [0.1, 0.15) is 0 Å². The third kappa shape index (κ3) is 8.77. The summed E-state index contributed by atoms with van der Waals surface area (Å²) in [5.74, 6) is 0.531. The van der Waals surface area contributed by atoms with Crippen molar-refractivity contribution in [3.63, 3.8) is 0 Å². The Kier molecular flexibility index (Phi) is 10.1. The normalized spacial score (nSPS) is 12.8. The lowest BCUT2D eigenvalue weighted by Gasteiger charge is -2.32. The first-order chi connectivity index (χ1) is 13.3. The van der Waals surface area contributed by atoms with Gasteiger partial charge in [0.2, 0.25) is 5.88 Å². The molecule has 0 aliphatic heterocycles. The van der Waals surface area contributed by atoms with Gasteiger partial charge in [-0.3, -0.25) is 0 Å². The molecule has 0 radical (unpaired) electrons. The monoisotopic (exact) mass is 404 g/mol. The standard InChI is InChI=1S/C19H31F3N4O2/c1-4-18(5-2,8-10-27)13-26-17(23-6-3)25-12-15-7-9-24-16(11-15)28-14-19(20,21)22/h7,9,11,27H,4-6,8,10,12-14H2,1-3H3,(H2,23,25,26). The minimum atomic E-state index is -4.41. The SMILES string of the molecule is CCNC(=NCc1ccnc(OCC(F)(F)F)c1)NCC(CC)(CC)CCO. The maximum Gasteiger partial charge on any atom is 0.422 e. The molecule has 1 rings (SSSR count). The fourth-order valence-electron chi connectivity index (χ4n) is 2.75. The van der Waals surface area contributed by atoms with Gasteiger partial charge in [-0.1, -0.05) is 13.8 Å². The number of ether oxygens (including phenoxy) is 1. The summed E-state index contributed by atoms with van der Waals surface area (Å²) >= 11 is 0. The Labute approximate surface area is 164 Å². The van der Waals surface area contributed by atoms with Crippen molar-refractivity contribution >= 4 is 5.96 Å². The van der Waals surface area contributed by atoms with Crippen molar-refractivity contribution in [3.05, 3.63) is 23.9 Å². The highest BCUT2D eigenvalue weighted by molar-refractivity contribution is 5.79. The van der Waals surface area contributed by atoms with E-state index in [9.17, 15) is 18.3 Å². The molecule has 1 heterocycles. The molecule has 0 fully saturated rings. The molecule has 0 aliphatic carbocycles. The zero-order valence-electron chi connectivity index (χ0n) is 16.8. The van der Waals surface area contributed by atoms with Gasteiger partial charge in [-0.2, -0.15) is 13.2 Å². The van der Waals surface area contributed by atoms with Crippen LogP contribution in [-0.4, -0.2) is 48.5 Å². The average molecular weight is 404 g/mol. The van der Waals surface area contributed by atoms with E-state index in [1.807, 2.05) is 6.92 Å². The Morgan fingerprint density at radius 1 is 1.21 bits per heavy atom. The highest BCUT2D eigenvalue weighted by Crippen LogP contribution is 2.29. The van der Waals surface area contributed by atoms with Gasteiger partial charge in [-0.25, -0.2) is 9.98 Å². The van der Waals surface area contributed by atoms with Gasteiger partial charge < -0.3 is 20.5 Å². The van der Waals surface area contributed by atoms with Crippen molar-refractivity contribution in [2.45, 2.75) is 52.8 Å². The summed E-state index contributed by atoms with van der Waals surface area (Å²) in [4.78, 5) is 8.28. The average Bonchev–Trinajstić information content (AvgIpc) is 2.67. The molecule has 3 N–H and O–H groups in total. The predicted octanol–water partition coefficient (Wildman–Crippen LogP) is 3.27. The Hall–Kier alpha value is -2.03. The molecular weight excluding hydrogens is 373 g/mol. The first-order valence-electron chi connectivity index (χ1n) is 9.55. The number of halogens is 3. The lowest BCUT2D eigenvalue weighted by atomic mass is 9.79. The number of guanidine groups is 1. The Morgan fingerprint density at radius 2 is 1.93 bits per heavy atom. The molecule has 0 saturated heterocycles. The quantitative estimate of drug-likeness (QED) is 0.390. The fraction of sp³-hybridized carbons (Fsp3) is 0.684. The van der Waals surface area contributed by atoms with Crippen LogP contribution in [0.15, 0.2) is 23.3 Å². The van der Waals surface area contributed by atoms with E-state index < -0.39 is 12.8 Å². The van der Waals surface area contributed by atoms with Crippen LogP contribution in [0.25, 0.3) is 0 Å². The van der Waals surface area contributed by atoms with Crippen LogP contribution >= 0.6 is 0 Å². The number of nitrogens with zero attached hydrogens (tertiary/aromatic N) is 2. The maximum absolute atomic E-state index is 12.3. The number of aliphatic imine (C=N–C) groups is 1. The highest BCUT2D eigenvalue weighted by Gasteiger charge is 2.28. The molecule has 0 spiro atoms. The number of aromatic nitrogens is 1. The first kappa shape index (κ1) is 24.0. The number of aliphatic hydroxyl groups is 1. The smallest absolute Gasteiger partial charge is 0.422 e. The number of pyridine rings is 1. The number of rotatable bonds is 11. The highest BCUT2D eigenvalue weighted by atomic mass is 19.4. The minimum Gasteiger partial charge on any atom is -0.468 e. The van der Waals surface area contributed by atoms with Crippen LogP contribution in [0.5, 0.6) is 5.88 Å². The molecule has 0 aliphatic rings. The van der Waals surface area contributed by atoms with Gasteiger partial charge >= 0.3 is 6.18 Å². The van der Waals surface area contributed by atoms with Crippen molar-refractivity contribution in [3.8, 4) is 5.88 Å². The molecule has 6 nitrogen and oxygen atoms in total. The summed E-state index contributed by atoms with van der Waals surface area (Å²) in [6, 6.07) is 3.13. The molecule has 1 aromatic rings. The second kappa shape index (κ2) is 11.7. The second-order valence-electron chi connectivity index (χ2n) is 6.64. The summed E-state index contributed by atoms with van der Waals surface area (Å²) in [5.41, 5.74) is 0.678. The summed E-state index contributed by atoms with van der Waals surface area (Å²) < 4.78 is 41.5. The van der Waals surface area contributed by atoms with Crippen LogP contribution in [0.2, 0.25) is 0 Å². The van der Waals surface area contributed by atoms with Gasteiger partial charge in [0.25, 0.3) is 0 Å². The summed E-state index contributed by atoms with van der Waals surface area (Å²) in [7, 11) is 0. The molecule has 0 amide bonds. The predicted molar refractivity (Wildman–Crippen MR) is 103 cm³/mol. The number of alkyl halides is 3. The summed E-state index contributed by atoms with van der Waals surface area (Å²) in [6.45, 7) is 6.52. The molecular formula is C19H31F3N4O2. The van der Waals surface area contributed by atoms with Crippen LogP contribution in [0.1, 0.15) is 45.6 Å². The third-order valence-corrected chi connectivity index (χ3v) is 4.72. The second-order valence-corrected chi connectivity index (χ2v) is 6.64. The van der Waals surface area contributed by atoms with Crippen molar-refractivity contribution < 1.29 is 23.0 Å².